The zero-order chi connectivity index (χ0) is 20.6. The maximum absolute atomic E-state index is 12.3. The molecule has 2 aliphatic heterocycles. The molecule has 3 heterocycles. The van der Waals surface area contributed by atoms with E-state index in [4.69, 9.17) is 4.74 Å². The van der Waals surface area contributed by atoms with E-state index in [2.05, 4.69) is 37.4 Å². The van der Waals surface area contributed by atoms with Gasteiger partial charge in [0.1, 0.15) is 6.61 Å². The first kappa shape index (κ1) is 20.7. The molecule has 1 aromatic heterocycles. The smallest absolute Gasteiger partial charge is 0.410 e. The first-order valence-electron chi connectivity index (χ1n) is 10.7. The Bertz CT molecular complexity index is 787. The third-order valence-electron chi connectivity index (χ3n) is 5.59. The highest BCUT2D eigenvalue weighted by atomic mass is 16.6. The number of hydrogen-bond donors (Lipinski definition) is 1. The van der Waals surface area contributed by atoms with Crippen molar-refractivity contribution >= 4 is 6.09 Å². The van der Waals surface area contributed by atoms with Gasteiger partial charge in [0.15, 0.2) is 0 Å². The summed E-state index contributed by atoms with van der Waals surface area (Å²) < 4.78 is 5.43. The Morgan fingerprint density at radius 3 is 2.03 bits per heavy atom. The van der Waals surface area contributed by atoms with Gasteiger partial charge in [-0.05, 0) is 17.7 Å². The summed E-state index contributed by atoms with van der Waals surface area (Å²) in [5.74, 6) is 0. The molecule has 0 unspecified atom stereocenters. The number of amides is 1. The van der Waals surface area contributed by atoms with Crippen molar-refractivity contribution in [1.82, 2.24) is 30.2 Å². The summed E-state index contributed by atoms with van der Waals surface area (Å²) in [7, 11) is 0. The predicted octanol–water partition coefficient (Wildman–Crippen LogP) is 1.34. The van der Waals surface area contributed by atoms with Gasteiger partial charge in [0.05, 0.1) is 11.4 Å². The second-order valence-corrected chi connectivity index (χ2v) is 7.85. The fourth-order valence-corrected chi connectivity index (χ4v) is 3.78. The number of nitrogens with one attached hydrogen (secondary N) is 1. The minimum absolute atomic E-state index is 0.240. The number of rotatable bonds is 6. The summed E-state index contributed by atoms with van der Waals surface area (Å²) >= 11 is 0. The number of carbonyl (C=O) groups is 1. The van der Waals surface area contributed by atoms with Crippen molar-refractivity contribution in [3.05, 3.63) is 59.4 Å². The summed E-state index contributed by atoms with van der Waals surface area (Å²) in [4.78, 5) is 18.8. The Hall–Kier alpha value is -2.55. The summed E-state index contributed by atoms with van der Waals surface area (Å²) in [6, 6.07) is 13.9. The Kier molecular flexibility index (Phi) is 7.23. The van der Waals surface area contributed by atoms with E-state index in [1.165, 1.54) is 0 Å². The van der Waals surface area contributed by atoms with Gasteiger partial charge in [0, 0.05) is 65.4 Å². The Balaban J connectivity index is 1.18. The zero-order valence-electron chi connectivity index (χ0n) is 17.4. The van der Waals surface area contributed by atoms with Crippen LogP contribution in [0.2, 0.25) is 0 Å². The van der Waals surface area contributed by atoms with Gasteiger partial charge in [-0.3, -0.25) is 9.80 Å². The van der Waals surface area contributed by atoms with Crippen LogP contribution in [0, 0.1) is 0 Å². The Morgan fingerprint density at radius 2 is 1.43 bits per heavy atom. The van der Waals surface area contributed by atoms with Crippen molar-refractivity contribution in [2.45, 2.75) is 19.7 Å². The third-order valence-corrected chi connectivity index (χ3v) is 5.59. The molecule has 2 saturated heterocycles. The number of nitrogens with zero attached hydrogens (tertiary/aromatic N) is 5. The van der Waals surface area contributed by atoms with E-state index in [-0.39, 0.29) is 6.09 Å². The lowest BCUT2D eigenvalue weighted by Gasteiger charge is -2.33. The first-order valence-corrected chi connectivity index (χ1v) is 10.7. The van der Waals surface area contributed by atoms with Crippen LogP contribution in [0.1, 0.15) is 17.0 Å². The molecule has 0 atom stereocenters. The van der Waals surface area contributed by atoms with E-state index in [1.807, 2.05) is 30.3 Å². The lowest BCUT2D eigenvalue weighted by Crippen LogP contribution is -2.48. The summed E-state index contributed by atoms with van der Waals surface area (Å²) in [6.45, 7) is 9.08. The van der Waals surface area contributed by atoms with E-state index in [0.717, 1.165) is 69.3 Å². The van der Waals surface area contributed by atoms with Gasteiger partial charge < -0.3 is 15.0 Å². The molecular weight excluding hydrogens is 380 g/mol. The molecule has 160 valence electrons. The second kappa shape index (κ2) is 10.5. The van der Waals surface area contributed by atoms with E-state index in [1.54, 1.807) is 4.90 Å². The molecule has 2 aromatic rings. The van der Waals surface area contributed by atoms with E-state index in [9.17, 15) is 4.79 Å². The SMILES string of the molecule is O=C(OCc1ccccc1)N1CCN(Cc2ccc(CN3CCNCC3)nn2)CC1. The van der Waals surface area contributed by atoms with Crippen LogP contribution in [-0.4, -0.2) is 83.3 Å². The number of aromatic nitrogens is 2. The van der Waals surface area contributed by atoms with Gasteiger partial charge in [-0.1, -0.05) is 30.3 Å². The van der Waals surface area contributed by atoms with Gasteiger partial charge in [-0.15, -0.1) is 0 Å². The van der Waals surface area contributed by atoms with Crippen molar-refractivity contribution in [3.8, 4) is 0 Å². The van der Waals surface area contributed by atoms with Gasteiger partial charge in [0.25, 0.3) is 0 Å². The minimum Gasteiger partial charge on any atom is -0.445 e. The van der Waals surface area contributed by atoms with Gasteiger partial charge in [0.2, 0.25) is 0 Å². The largest absolute Gasteiger partial charge is 0.445 e. The zero-order valence-corrected chi connectivity index (χ0v) is 17.4. The lowest BCUT2D eigenvalue weighted by molar-refractivity contribution is 0.0697. The number of hydrogen-bond acceptors (Lipinski definition) is 7. The molecule has 30 heavy (non-hydrogen) atoms. The van der Waals surface area contributed by atoms with Crippen molar-refractivity contribution < 1.29 is 9.53 Å². The topological polar surface area (TPSA) is 73.8 Å². The lowest BCUT2D eigenvalue weighted by atomic mass is 10.2. The summed E-state index contributed by atoms with van der Waals surface area (Å²) in [5.41, 5.74) is 2.99. The quantitative estimate of drug-likeness (QED) is 0.770. The average molecular weight is 411 g/mol. The molecule has 0 spiro atoms. The maximum atomic E-state index is 12.3. The van der Waals surface area contributed by atoms with Crippen LogP contribution in [0.25, 0.3) is 0 Å². The Labute approximate surface area is 177 Å². The minimum atomic E-state index is -0.240. The normalized spacial score (nSPS) is 18.3. The average Bonchev–Trinajstić information content (AvgIpc) is 2.81. The fraction of sp³-hybridized carbons (Fsp3) is 0.500. The van der Waals surface area contributed by atoms with E-state index in [0.29, 0.717) is 19.7 Å². The van der Waals surface area contributed by atoms with Crippen LogP contribution in [0.5, 0.6) is 0 Å². The highest BCUT2D eigenvalue weighted by molar-refractivity contribution is 5.67. The molecule has 2 aliphatic rings. The van der Waals surface area contributed by atoms with Crippen LogP contribution in [0.15, 0.2) is 42.5 Å². The van der Waals surface area contributed by atoms with Crippen LogP contribution in [-0.2, 0) is 24.4 Å². The van der Waals surface area contributed by atoms with Crippen molar-refractivity contribution in [2.75, 3.05) is 52.4 Å². The summed E-state index contributed by atoms with van der Waals surface area (Å²) in [5, 5.41) is 12.2. The number of benzene rings is 1. The molecule has 0 saturated carbocycles. The standard InChI is InChI=1S/C22H30N6O2/c29-22(30-18-19-4-2-1-3-5-19)28-14-12-27(13-15-28)17-21-7-6-20(24-25-21)16-26-10-8-23-9-11-26/h1-7,23H,8-18H2. The van der Waals surface area contributed by atoms with Crippen LogP contribution < -0.4 is 5.32 Å². The number of piperazine rings is 2. The predicted molar refractivity (Wildman–Crippen MR) is 114 cm³/mol. The molecule has 4 rings (SSSR count). The monoisotopic (exact) mass is 410 g/mol. The Morgan fingerprint density at radius 1 is 0.833 bits per heavy atom. The molecule has 1 N–H and O–H groups in total. The molecule has 0 radical (unpaired) electrons. The molecule has 0 bridgehead atoms. The second-order valence-electron chi connectivity index (χ2n) is 7.85. The maximum Gasteiger partial charge on any atom is 0.410 e. The van der Waals surface area contributed by atoms with Crippen LogP contribution in [0.3, 0.4) is 0 Å². The molecular formula is C22H30N6O2. The number of ether oxygens (including phenoxy) is 1. The third kappa shape index (κ3) is 5.98. The van der Waals surface area contributed by atoms with Gasteiger partial charge in [-0.25, -0.2) is 4.79 Å². The van der Waals surface area contributed by atoms with Crippen LogP contribution in [0.4, 0.5) is 4.79 Å². The molecule has 0 aliphatic carbocycles. The van der Waals surface area contributed by atoms with Crippen LogP contribution >= 0.6 is 0 Å². The van der Waals surface area contributed by atoms with E-state index < -0.39 is 0 Å². The number of carbonyl (C=O) groups excluding carboxylic acids is 1. The molecule has 1 aromatic carbocycles. The highest BCUT2D eigenvalue weighted by Gasteiger charge is 2.22. The fourth-order valence-electron chi connectivity index (χ4n) is 3.78. The van der Waals surface area contributed by atoms with Crippen molar-refractivity contribution in [1.29, 1.82) is 0 Å². The highest BCUT2D eigenvalue weighted by Crippen LogP contribution is 2.10. The molecule has 8 nitrogen and oxygen atoms in total. The van der Waals surface area contributed by atoms with E-state index >= 15 is 0 Å². The van der Waals surface area contributed by atoms with Crippen molar-refractivity contribution in [3.63, 3.8) is 0 Å². The first-order chi connectivity index (χ1) is 14.8. The van der Waals surface area contributed by atoms with Crippen molar-refractivity contribution in [2.24, 2.45) is 0 Å². The molecule has 2 fully saturated rings. The van der Waals surface area contributed by atoms with Gasteiger partial charge >= 0.3 is 6.09 Å². The van der Waals surface area contributed by atoms with Gasteiger partial charge in [-0.2, -0.15) is 10.2 Å². The molecule has 8 heteroatoms. The molecule has 1 amide bonds. The summed E-state index contributed by atoms with van der Waals surface area (Å²) in [6.07, 6.45) is -0.240.